The number of hydrogen-bond acceptors (Lipinski definition) is 7. The minimum absolute atomic E-state index is 0.192. The van der Waals surface area contributed by atoms with Crippen LogP contribution in [0.1, 0.15) is 6.92 Å². The van der Waals surface area contributed by atoms with Gasteiger partial charge in [0.25, 0.3) is 0 Å². The highest BCUT2D eigenvalue weighted by molar-refractivity contribution is 8.00. The molecular formula is C21H24N4O5S2. The topological polar surface area (TPSA) is 114 Å². The summed E-state index contributed by atoms with van der Waals surface area (Å²) in [5, 5.41) is 3.03. The molecule has 1 aromatic heterocycles. The van der Waals surface area contributed by atoms with Crippen LogP contribution in [0.15, 0.2) is 52.5 Å². The molecular weight excluding hydrogens is 452 g/mol. The number of carbonyl (C=O) groups is 1. The largest absolute Gasteiger partial charge is 0.497 e. The van der Waals surface area contributed by atoms with Crippen LogP contribution in [-0.2, 0) is 19.6 Å². The third-order valence-electron chi connectivity index (χ3n) is 5.05. The number of aromatic nitrogens is 2. The molecule has 9 nitrogen and oxygen atoms in total. The molecule has 1 unspecified atom stereocenters. The second kappa shape index (κ2) is 9.49. The van der Waals surface area contributed by atoms with E-state index in [1.54, 1.807) is 26.2 Å². The molecule has 0 bridgehead atoms. The summed E-state index contributed by atoms with van der Waals surface area (Å²) in [6.45, 7) is 3.24. The first-order chi connectivity index (χ1) is 15.4. The van der Waals surface area contributed by atoms with Crippen molar-refractivity contribution in [2.75, 3.05) is 38.7 Å². The molecule has 0 saturated carbocycles. The number of amides is 1. The third kappa shape index (κ3) is 4.90. The first-order valence-corrected chi connectivity index (χ1v) is 12.4. The number of fused-ring (bicyclic) bond motifs is 1. The number of aromatic amines is 1. The van der Waals surface area contributed by atoms with Gasteiger partial charge in [-0.25, -0.2) is 13.4 Å². The first-order valence-electron chi connectivity index (χ1n) is 10.1. The van der Waals surface area contributed by atoms with Gasteiger partial charge in [0.15, 0.2) is 5.16 Å². The van der Waals surface area contributed by atoms with E-state index in [9.17, 15) is 13.2 Å². The maximum atomic E-state index is 12.7. The quantitative estimate of drug-likeness (QED) is 0.504. The van der Waals surface area contributed by atoms with E-state index < -0.39 is 15.3 Å². The zero-order valence-electron chi connectivity index (χ0n) is 17.7. The summed E-state index contributed by atoms with van der Waals surface area (Å²) in [4.78, 5) is 20.5. The number of sulfonamides is 1. The van der Waals surface area contributed by atoms with E-state index in [0.29, 0.717) is 37.1 Å². The van der Waals surface area contributed by atoms with Crippen LogP contribution in [0, 0.1) is 0 Å². The zero-order chi connectivity index (χ0) is 22.7. The molecule has 1 fully saturated rings. The summed E-state index contributed by atoms with van der Waals surface area (Å²) in [5.41, 5.74) is 2.15. The SMILES string of the molecule is COc1ccc2nc(SC(C)C(=O)Nc3ccc(S(=O)(=O)N4CCOCC4)cc3)[nH]c2c1. The molecule has 0 aliphatic carbocycles. The Hall–Kier alpha value is -2.60. The average Bonchev–Trinajstić information content (AvgIpc) is 3.21. The molecule has 0 radical (unpaired) electrons. The Morgan fingerprint density at radius 2 is 1.94 bits per heavy atom. The first kappa shape index (κ1) is 22.6. The third-order valence-corrected chi connectivity index (χ3v) is 7.95. The number of carbonyl (C=O) groups excluding carboxylic acids is 1. The second-order valence-electron chi connectivity index (χ2n) is 7.22. The lowest BCUT2D eigenvalue weighted by Crippen LogP contribution is -2.40. The van der Waals surface area contributed by atoms with E-state index >= 15 is 0 Å². The fourth-order valence-electron chi connectivity index (χ4n) is 3.26. The molecule has 4 rings (SSSR count). The lowest BCUT2D eigenvalue weighted by molar-refractivity contribution is -0.115. The van der Waals surface area contributed by atoms with Gasteiger partial charge >= 0.3 is 0 Å². The number of rotatable bonds is 7. The number of hydrogen-bond donors (Lipinski definition) is 2. The van der Waals surface area contributed by atoms with Crippen molar-refractivity contribution in [2.45, 2.75) is 22.2 Å². The molecule has 2 heterocycles. The maximum Gasteiger partial charge on any atom is 0.243 e. The van der Waals surface area contributed by atoms with Crippen molar-refractivity contribution in [1.82, 2.24) is 14.3 Å². The van der Waals surface area contributed by atoms with E-state index in [4.69, 9.17) is 9.47 Å². The summed E-state index contributed by atoms with van der Waals surface area (Å²) < 4.78 is 37.3. The Morgan fingerprint density at radius 3 is 2.62 bits per heavy atom. The van der Waals surface area contributed by atoms with Gasteiger partial charge in [-0.1, -0.05) is 11.8 Å². The molecule has 1 amide bonds. The predicted octanol–water partition coefficient (Wildman–Crippen LogP) is 2.71. The molecule has 0 spiro atoms. The maximum absolute atomic E-state index is 12.7. The van der Waals surface area contributed by atoms with Gasteiger partial charge in [-0.2, -0.15) is 4.31 Å². The fourth-order valence-corrected chi connectivity index (χ4v) is 5.49. The summed E-state index contributed by atoms with van der Waals surface area (Å²) in [6.07, 6.45) is 0. The van der Waals surface area contributed by atoms with Crippen molar-refractivity contribution in [3.63, 3.8) is 0 Å². The number of imidazole rings is 1. The standard InChI is InChI=1S/C21H24N4O5S2/c1-14(31-21-23-18-8-5-16(29-2)13-19(18)24-21)20(26)22-15-3-6-17(7-4-15)32(27,28)25-9-11-30-12-10-25/h3-8,13-14H,9-12H2,1-2H3,(H,22,26)(H,23,24). The van der Waals surface area contributed by atoms with Gasteiger partial charge in [0, 0.05) is 24.8 Å². The summed E-state index contributed by atoms with van der Waals surface area (Å²) in [6, 6.07) is 11.7. The Balaban J connectivity index is 1.39. The number of nitrogens with zero attached hydrogens (tertiary/aromatic N) is 2. The van der Waals surface area contributed by atoms with Gasteiger partial charge < -0.3 is 19.8 Å². The van der Waals surface area contributed by atoms with Crippen molar-refractivity contribution in [3.05, 3.63) is 42.5 Å². The van der Waals surface area contributed by atoms with Gasteiger partial charge in [0.1, 0.15) is 5.75 Å². The summed E-state index contributed by atoms with van der Waals surface area (Å²) in [5.74, 6) is 0.513. The minimum atomic E-state index is -3.57. The fraction of sp³-hybridized carbons (Fsp3) is 0.333. The van der Waals surface area contributed by atoms with Crippen molar-refractivity contribution in [3.8, 4) is 5.75 Å². The minimum Gasteiger partial charge on any atom is -0.497 e. The molecule has 1 aliphatic rings. The van der Waals surface area contributed by atoms with Crippen molar-refractivity contribution >= 4 is 44.4 Å². The highest BCUT2D eigenvalue weighted by Crippen LogP contribution is 2.27. The van der Waals surface area contributed by atoms with Crippen molar-refractivity contribution in [2.24, 2.45) is 0 Å². The Morgan fingerprint density at radius 1 is 1.22 bits per heavy atom. The van der Waals surface area contributed by atoms with E-state index in [1.165, 1.54) is 28.2 Å². The Labute approximate surface area is 190 Å². The van der Waals surface area contributed by atoms with Gasteiger partial charge in [0.05, 0.1) is 41.5 Å². The highest BCUT2D eigenvalue weighted by atomic mass is 32.2. The van der Waals surface area contributed by atoms with Gasteiger partial charge in [-0.3, -0.25) is 4.79 Å². The predicted molar refractivity (Wildman–Crippen MR) is 123 cm³/mol. The average molecular weight is 477 g/mol. The molecule has 3 aromatic rings. The molecule has 1 aliphatic heterocycles. The van der Waals surface area contributed by atoms with Gasteiger partial charge in [-0.15, -0.1) is 0 Å². The zero-order valence-corrected chi connectivity index (χ0v) is 19.3. The van der Waals surface area contributed by atoms with E-state index in [2.05, 4.69) is 15.3 Å². The molecule has 1 atom stereocenters. The summed E-state index contributed by atoms with van der Waals surface area (Å²) in [7, 11) is -1.97. The Bertz CT molecular complexity index is 1200. The van der Waals surface area contributed by atoms with Gasteiger partial charge in [0.2, 0.25) is 15.9 Å². The number of anilines is 1. The van der Waals surface area contributed by atoms with Crippen LogP contribution < -0.4 is 10.1 Å². The number of benzene rings is 2. The van der Waals surface area contributed by atoms with Crippen LogP contribution in [-0.4, -0.2) is 67.3 Å². The van der Waals surface area contributed by atoms with Crippen LogP contribution in [0.4, 0.5) is 5.69 Å². The second-order valence-corrected chi connectivity index (χ2v) is 10.5. The molecule has 2 N–H and O–H groups in total. The highest BCUT2D eigenvalue weighted by Gasteiger charge is 2.26. The normalized spacial score (nSPS) is 16.1. The molecule has 11 heteroatoms. The monoisotopic (exact) mass is 476 g/mol. The number of ether oxygens (including phenoxy) is 2. The van der Waals surface area contributed by atoms with Crippen LogP contribution in [0.2, 0.25) is 0 Å². The van der Waals surface area contributed by atoms with Crippen molar-refractivity contribution in [1.29, 1.82) is 0 Å². The smallest absolute Gasteiger partial charge is 0.243 e. The molecule has 32 heavy (non-hydrogen) atoms. The lowest BCUT2D eigenvalue weighted by atomic mass is 10.3. The molecule has 2 aromatic carbocycles. The van der Waals surface area contributed by atoms with E-state index in [0.717, 1.165) is 16.8 Å². The number of thioether (sulfide) groups is 1. The Kier molecular flexibility index (Phi) is 6.70. The lowest BCUT2D eigenvalue weighted by Gasteiger charge is -2.26. The number of morpholine rings is 1. The number of methoxy groups -OCH3 is 1. The van der Waals surface area contributed by atoms with Crippen LogP contribution in [0.25, 0.3) is 11.0 Å². The molecule has 170 valence electrons. The number of H-pyrrole nitrogens is 1. The van der Waals surface area contributed by atoms with Crippen LogP contribution in [0.3, 0.4) is 0 Å². The summed E-state index contributed by atoms with van der Waals surface area (Å²) >= 11 is 1.30. The molecule has 1 saturated heterocycles. The van der Waals surface area contributed by atoms with E-state index in [1.807, 2.05) is 18.2 Å². The van der Waals surface area contributed by atoms with Crippen molar-refractivity contribution < 1.29 is 22.7 Å². The van der Waals surface area contributed by atoms with Gasteiger partial charge in [-0.05, 0) is 43.3 Å². The number of nitrogens with one attached hydrogen (secondary N) is 2. The van der Waals surface area contributed by atoms with Crippen LogP contribution >= 0.6 is 11.8 Å². The van der Waals surface area contributed by atoms with Crippen LogP contribution in [0.5, 0.6) is 5.75 Å². The van der Waals surface area contributed by atoms with E-state index in [-0.39, 0.29) is 10.8 Å².